The number of hydrogen-bond acceptors (Lipinski definition) is 1. The van der Waals surface area contributed by atoms with E-state index in [0.717, 1.165) is 0 Å². The first-order valence-electron chi connectivity index (χ1n) is 13.0. The van der Waals surface area contributed by atoms with Crippen LogP contribution >= 0.6 is 12.4 Å². The molecule has 0 bridgehead atoms. The Morgan fingerprint density at radius 3 is 1.65 bits per heavy atom. The molecule has 0 aliphatic heterocycles. The smallest absolute Gasteiger partial charge is 0.00219 e. The van der Waals surface area contributed by atoms with E-state index in [2.05, 4.69) is 61.3 Å². The Hall–Kier alpha value is -1.05. The largest absolute Gasteiger partial charge is 0.307 e. The number of unbranched alkanes of at least 4 members (excludes halogenated alkanes) is 13. The topological polar surface area (TPSA) is 3.24 Å². The monoisotopic (exact) mass is 445 g/mol. The van der Waals surface area contributed by atoms with Crippen molar-refractivity contribution in [3.63, 3.8) is 0 Å². The minimum atomic E-state index is 0. The van der Waals surface area contributed by atoms with Crippen LogP contribution in [0.3, 0.4) is 0 Å². The van der Waals surface area contributed by atoms with Gasteiger partial charge in [-0.1, -0.05) is 126 Å². The predicted octanol–water partition coefficient (Wildman–Crippen LogP) is 9.22. The molecule has 0 fully saturated rings. The van der Waals surface area contributed by atoms with E-state index in [4.69, 9.17) is 0 Å². The van der Waals surface area contributed by atoms with E-state index in [1.807, 2.05) is 0 Å². The molecule has 0 unspecified atom stereocenters. The van der Waals surface area contributed by atoms with Gasteiger partial charge in [0.25, 0.3) is 0 Å². The second kappa shape index (κ2) is 18.5. The van der Waals surface area contributed by atoms with Crippen LogP contribution in [-0.4, -0.2) is 25.0 Å². The maximum atomic E-state index is 2.42. The quantitative estimate of drug-likeness (QED) is 0.206. The van der Waals surface area contributed by atoms with Crippen LogP contribution in [0.1, 0.15) is 102 Å². The van der Waals surface area contributed by atoms with Crippen molar-refractivity contribution in [3.05, 3.63) is 48.0 Å². The Morgan fingerprint density at radius 1 is 0.581 bits per heavy atom. The summed E-state index contributed by atoms with van der Waals surface area (Å²) < 4.78 is 0. The van der Waals surface area contributed by atoms with Gasteiger partial charge in [0.1, 0.15) is 0 Å². The summed E-state index contributed by atoms with van der Waals surface area (Å²) in [4.78, 5) is 2.42. The SMILES string of the molecule is CCN(C)CCCCCCCCCCCCCCCCc1cccc2ccccc12.Cl. The van der Waals surface area contributed by atoms with Gasteiger partial charge in [-0.15, -0.1) is 12.4 Å². The lowest BCUT2D eigenvalue weighted by molar-refractivity contribution is 0.340. The molecule has 0 aliphatic carbocycles. The first-order valence-corrected chi connectivity index (χ1v) is 13.0. The number of fused-ring (bicyclic) bond motifs is 1. The number of aryl methyl sites for hydroxylation is 1. The lowest BCUT2D eigenvalue weighted by Crippen LogP contribution is -2.18. The molecule has 0 heterocycles. The highest BCUT2D eigenvalue weighted by atomic mass is 35.5. The Labute approximate surface area is 199 Å². The van der Waals surface area contributed by atoms with Crippen molar-refractivity contribution in [2.75, 3.05) is 20.1 Å². The Bertz CT molecular complexity index is 663. The lowest BCUT2D eigenvalue weighted by atomic mass is 9.99. The van der Waals surface area contributed by atoms with Crippen LogP contribution in [0.2, 0.25) is 0 Å². The van der Waals surface area contributed by atoms with Gasteiger partial charge in [-0.2, -0.15) is 0 Å². The molecule has 0 amide bonds. The number of hydrogen-bond donors (Lipinski definition) is 0. The van der Waals surface area contributed by atoms with Gasteiger partial charge in [0.05, 0.1) is 0 Å². The summed E-state index contributed by atoms with van der Waals surface area (Å²) >= 11 is 0. The van der Waals surface area contributed by atoms with E-state index in [-0.39, 0.29) is 12.4 Å². The Morgan fingerprint density at radius 2 is 1.06 bits per heavy atom. The van der Waals surface area contributed by atoms with Crippen molar-refractivity contribution in [2.24, 2.45) is 0 Å². The van der Waals surface area contributed by atoms with Gasteiger partial charge < -0.3 is 4.90 Å². The second-order valence-electron chi connectivity index (χ2n) is 9.23. The molecule has 0 aliphatic rings. The minimum absolute atomic E-state index is 0. The highest BCUT2D eigenvalue weighted by Crippen LogP contribution is 2.21. The van der Waals surface area contributed by atoms with E-state index in [1.54, 1.807) is 0 Å². The van der Waals surface area contributed by atoms with Crippen LogP contribution in [0.15, 0.2) is 42.5 Å². The lowest BCUT2D eigenvalue weighted by Gasteiger charge is -2.12. The Kier molecular flexibility index (Phi) is 16.7. The van der Waals surface area contributed by atoms with Crippen LogP contribution in [0, 0.1) is 0 Å². The van der Waals surface area contributed by atoms with Gasteiger partial charge in [-0.25, -0.2) is 0 Å². The zero-order valence-corrected chi connectivity index (χ0v) is 21.2. The summed E-state index contributed by atoms with van der Waals surface area (Å²) in [5, 5.41) is 2.83. The molecule has 0 atom stereocenters. The molecule has 0 saturated heterocycles. The fraction of sp³-hybridized carbons (Fsp3) is 0.655. The zero-order chi connectivity index (χ0) is 21.3. The van der Waals surface area contributed by atoms with Gasteiger partial charge in [-0.05, 0) is 55.7 Å². The molecule has 2 heteroatoms. The molecule has 176 valence electrons. The summed E-state index contributed by atoms with van der Waals surface area (Å²) in [7, 11) is 2.23. The molecule has 31 heavy (non-hydrogen) atoms. The average molecular weight is 446 g/mol. The Balaban J connectivity index is 0.00000480. The third-order valence-electron chi connectivity index (χ3n) is 6.66. The molecule has 0 N–H and O–H groups in total. The van der Waals surface area contributed by atoms with Gasteiger partial charge >= 0.3 is 0 Å². The van der Waals surface area contributed by atoms with E-state index < -0.39 is 0 Å². The van der Waals surface area contributed by atoms with Crippen LogP contribution in [0.5, 0.6) is 0 Å². The highest BCUT2D eigenvalue weighted by Gasteiger charge is 2.00. The second-order valence-corrected chi connectivity index (χ2v) is 9.23. The van der Waals surface area contributed by atoms with Crippen molar-refractivity contribution in [1.82, 2.24) is 4.90 Å². The fourth-order valence-corrected chi connectivity index (χ4v) is 4.49. The third-order valence-corrected chi connectivity index (χ3v) is 6.66. The van der Waals surface area contributed by atoms with Gasteiger partial charge in [0, 0.05) is 0 Å². The van der Waals surface area contributed by atoms with Gasteiger partial charge in [0.2, 0.25) is 0 Å². The van der Waals surface area contributed by atoms with Gasteiger partial charge in [0.15, 0.2) is 0 Å². The van der Waals surface area contributed by atoms with Crippen LogP contribution in [-0.2, 0) is 6.42 Å². The van der Waals surface area contributed by atoms with Crippen LogP contribution in [0.25, 0.3) is 10.8 Å². The number of rotatable bonds is 18. The number of benzene rings is 2. The molecule has 2 aromatic rings. The molecule has 1 nitrogen and oxygen atoms in total. The maximum Gasteiger partial charge on any atom is -0.00219 e. The molecule has 0 radical (unpaired) electrons. The average Bonchev–Trinajstić information content (AvgIpc) is 2.78. The minimum Gasteiger partial charge on any atom is -0.307 e. The molecule has 2 rings (SSSR count). The number of nitrogens with zero attached hydrogens (tertiary/aromatic N) is 1. The van der Waals surface area contributed by atoms with Crippen molar-refractivity contribution in [3.8, 4) is 0 Å². The molecule has 0 saturated carbocycles. The van der Waals surface area contributed by atoms with Crippen molar-refractivity contribution in [2.45, 2.75) is 103 Å². The van der Waals surface area contributed by atoms with Crippen molar-refractivity contribution < 1.29 is 0 Å². The molecular weight excluding hydrogens is 398 g/mol. The molecule has 0 aromatic heterocycles. The molecular formula is C29H48ClN. The van der Waals surface area contributed by atoms with Crippen LogP contribution < -0.4 is 0 Å². The summed E-state index contributed by atoms with van der Waals surface area (Å²) in [5.41, 5.74) is 1.53. The molecule has 2 aromatic carbocycles. The van der Waals surface area contributed by atoms with Gasteiger partial charge in [-0.3, -0.25) is 0 Å². The summed E-state index contributed by atoms with van der Waals surface area (Å²) in [6, 6.07) is 15.6. The maximum absolute atomic E-state index is 2.42. The van der Waals surface area contributed by atoms with Crippen molar-refractivity contribution >= 4 is 23.2 Å². The summed E-state index contributed by atoms with van der Waals surface area (Å²) in [6.45, 7) is 4.71. The highest BCUT2D eigenvalue weighted by molar-refractivity contribution is 5.86. The molecule has 0 spiro atoms. The van der Waals surface area contributed by atoms with Crippen LogP contribution in [0.4, 0.5) is 0 Å². The third kappa shape index (κ3) is 12.5. The zero-order valence-electron chi connectivity index (χ0n) is 20.4. The van der Waals surface area contributed by atoms with E-state index in [9.17, 15) is 0 Å². The standard InChI is InChI=1S/C29H47N.ClH/c1-3-30(2)26-19-15-13-11-9-7-5-4-6-8-10-12-14-16-21-27-23-20-24-28-22-17-18-25-29(27)28;/h17-18,20,22-25H,3-16,19,21,26H2,1-2H3;1H. The number of halogens is 1. The van der Waals surface area contributed by atoms with E-state index in [0.29, 0.717) is 0 Å². The summed E-state index contributed by atoms with van der Waals surface area (Å²) in [5.74, 6) is 0. The van der Waals surface area contributed by atoms with E-state index in [1.165, 1.54) is 126 Å². The van der Waals surface area contributed by atoms with E-state index >= 15 is 0 Å². The fourth-order valence-electron chi connectivity index (χ4n) is 4.49. The first-order chi connectivity index (χ1) is 14.8. The summed E-state index contributed by atoms with van der Waals surface area (Å²) in [6.07, 6.45) is 21.2. The first kappa shape index (κ1) is 28.0. The van der Waals surface area contributed by atoms with Crippen molar-refractivity contribution in [1.29, 1.82) is 0 Å². The normalized spacial score (nSPS) is 11.2. The predicted molar refractivity (Wildman–Crippen MR) is 143 cm³/mol.